The predicted molar refractivity (Wildman–Crippen MR) is 114 cm³/mol. The molecule has 0 aliphatic carbocycles. The van der Waals surface area contributed by atoms with E-state index >= 15 is 0 Å². The molecule has 5 nitrogen and oxygen atoms in total. The van der Waals surface area contributed by atoms with E-state index in [9.17, 15) is 14.0 Å². The van der Waals surface area contributed by atoms with Crippen molar-refractivity contribution in [3.63, 3.8) is 0 Å². The SMILES string of the molecule is COc1cc(C)c(/C=C2\C(=O)NC(=S)N(c3ccc(F)cc3)C2=O)cc1C(C)C. The third-order valence-electron chi connectivity index (χ3n) is 4.73. The van der Waals surface area contributed by atoms with Crippen LogP contribution in [0.3, 0.4) is 0 Å². The van der Waals surface area contributed by atoms with Gasteiger partial charge in [-0.25, -0.2) is 4.39 Å². The van der Waals surface area contributed by atoms with Crippen molar-refractivity contribution in [1.82, 2.24) is 5.32 Å². The van der Waals surface area contributed by atoms with E-state index in [-0.39, 0.29) is 16.6 Å². The maximum Gasteiger partial charge on any atom is 0.270 e. The molecule has 2 aromatic rings. The van der Waals surface area contributed by atoms with Crippen LogP contribution >= 0.6 is 12.2 Å². The number of amides is 2. The van der Waals surface area contributed by atoms with Gasteiger partial charge in [0.1, 0.15) is 17.1 Å². The van der Waals surface area contributed by atoms with E-state index in [1.807, 2.05) is 32.9 Å². The first-order valence-corrected chi connectivity index (χ1v) is 9.49. The van der Waals surface area contributed by atoms with Gasteiger partial charge in [-0.05, 0) is 84.2 Å². The van der Waals surface area contributed by atoms with Crippen LogP contribution in [0.1, 0.15) is 36.5 Å². The van der Waals surface area contributed by atoms with Crippen molar-refractivity contribution < 1.29 is 18.7 Å². The van der Waals surface area contributed by atoms with Crippen LogP contribution in [0.2, 0.25) is 0 Å². The fourth-order valence-electron chi connectivity index (χ4n) is 3.14. The predicted octanol–water partition coefficient (Wildman–Crippen LogP) is 4.10. The van der Waals surface area contributed by atoms with Crippen LogP contribution in [0.15, 0.2) is 42.0 Å². The second-order valence-corrected chi connectivity index (χ2v) is 7.43. The molecule has 1 aliphatic rings. The largest absolute Gasteiger partial charge is 0.496 e. The highest BCUT2D eigenvalue weighted by atomic mass is 32.1. The van der Waals surface area contributed by atoms with Gasteiger partial charge in [-0.2, -0.15) is 0 Å². The number of carbonyl (C=O) groups excluding carboxylic acids is 2. The molecule has 7 heteroatoms. The molecule has 0 radical (unpaired) electrons. The number of benzene rings is 2. The molecule has 1 heterocycles. The molecular formula is C22H21FN2O3S. The molecule has 1 N–H and O–H groups in total. The number of thiocarbonyl (C=S) groups is 1. The number of hydrogen-bond acceptors (Lipinski definition) is 4. The first-order chi connectivity index (χ1) is 13.7. The van der Waals surface area contributed by atoms with E-state index in [2.05, 4.69) is 5.32 Å². The minimum atomic E-state index is -0.570. The summed E-state index contributed by atoms with van der Waals surface area (Å²) < 4.78 is 18.7. The Hall–Kier alpha value is -3.06. The Bertz CT molecular complexity index is 1030. The van der Waals surface area contributed by atoms with Crippen molar-refractivity contribution in [3.8, 4) is 5.75 Å². The third-order valence-corrected chi connectivity index (χ3v) is 5.01. The summed E-state index contributed by atoms with van der Waals surface area (Å²) in [7, 11) is 1.61. The van der Waals surface area contributed by atoms with Gasteiger partial charge in [0.2, 0.25) is 0 Å². The van der Waals surface area contributed by atoms with Crippen LogP contribution in [0, 0.1) is 12.7 Å². The van der Waals surface area contributed by atoms with Crippen LogP contribution in [-0.4, -0.2) is 24.0 Å². The molecule has 0 bridgehead atoms. The molecule has 0 spiro atoms. The first-order valence-electron chi connectivity index (χ1n) is 9.08. The van der Waals surface area contributed by atoms with Gasteiger partial charge in [-0.3, -0.25) is 19.8 Å². The molecular weight excluding hydrogens is 391 g/mol. The van der Waals surface area contributed by atoms with Crippen molar-refractivity contribution in [1.29, 1.82) is 0 Å². The van der Waals surface area contributed by atoms with Crippen molar-refractivity contribution in [3.05, 3.63) is 64.5 Å². The average Bonchev–Trinajstić information content (AvgIpc) is 2.67. The molecule has 29 heavy (non-hydrogen) atoms. The lowest BCUT2D eigenvalue weighted by molar-refractivity contribution is -0.122. The Kier molecular flexibility index (Phi) is 5.79. The highest BCUT2D eigenvalue weighted by Crippen LogP contribution is 2.31. The molecule has 0 atom stereocenters. The lowest BCUT2D eigenvalue weighted by Crippen LogP contribution is -2.54. The summed E-state index contributed by atoms with van der Waals surface area (Å²) >= 11 is 5.16. The van der Waals surface area contributed by atoms with Gasteiger partial charge in [0, 0.05) is 0 Å². The Morgan fingerprint density at radius 1 is 1.17 bits per heavy atom. The lowest BCUT2D eigenvalue weighted by atomic mass is 9.95. The van der Waals surface area contributed by atoms with Gasteiger partial charge in [-0.15, -0.1) is 0 Å². The Balaban J connectivity index is 2.07. The van der Waals surface area contributed by atoms with Crippen LogP contribution in [-0.2, 0) is 9.59 Å². The molecule has 2 amide bonds. The zero-order chi connectivity index (χ0) is 21.3. The molecule has 2 aromatic carbocycles. The van der Waals surface area contributed by atoms with E-state index in [0.717, 1.165) is 22.4 Å². The van der Waals surface area contributed by atoms with E-state index in [1.165, 1.54) is 29.2 Å². The number of rotatable bonds is 4. The summed E-state index contributed by atoms with van der Waals surface area (Å²) in [6.45, 7) is 5.96. The van der Waals surface area contributed by atoms with Gasteiger partial charge in [0.25, 0.3) is 11.8 Å². The van der Waals surface area contributed by atoms with Gasteiger partial charge in [-0.1, -0.05) is 13.8 Å². The maximum atomic E-state index is 13.3. The van der Waals surface area contributed by atoms with E-state index in [1.54, 1.807) is 13.2 Å². The Morgan fingerprint density at radius 3 is 2.41 bits per heavy atom. The molecule has 3 rings (SSSR count). The summed E-state index contributed by atoms with van der Waals surface area (Å²) in [6, 6.07) is 9.13. The first kappa shape index (κ1) is 20.7. The Morgan fingerprint density at radius 2 is 1.83 bits per heavy atom. The minimum Gasteiger partial charge on any atom is -0.496 e. The van der Waals surface area contributed by atoms with Gasteiger partial charge in [0.15, 0.2) is 5.11 Å². The quantitative estimate of drug-likeness (QED) is 0.467. The number of halogens is 1. The van der Waals surface area contributed by atoms with Crippen molar-refractivity contribution in [2.45, 2.75) is 26.7 Å². The number of ether oxygens (including phenoxy) is 1. The standard InChI is InChI=1S/C22H21FN2O3S/c1-12(2)17-10-14(13(3)9-19(17)28-4)11-18-20(26)24-22(29)25(21(18)27)16-7-5-15(23)6-8-16/h5-12H,1-4H3,(H,24,26,29)/b18-11+. The van der Waals surface area contributed by atoms with Gasteiger partial charge >= 0.3 is 0 Å². The molecule has 0 unspecified atom stereocenters. The van der Waals surface area contributed by atoms with Crippen molar-refractivity contribution in [2.75, 3.05) is 12.0 Å². The van der Waals surface area contributed by atoms with E-state index in [4.69, 9.17) is 17.0 Å². The normalized spacial score (nSPS) is 15.9. The third kappa shape index (κ3) is 4.05. The highest BCUT2D eigenvalue weighted by Gasteiger charge is 2.34. The Labute approximate surface area is 174 Å². The number of nitrogens with zero attached hydrogens (tertiary/aromatic N) is 1. The summed E-state index contributed by atoms with van der Waals surface area (Å²) in [5, 5.41) is 2.49. The summed E-state index contributed by atoms with van der Waals surface area (Å²) in [6.07, 6.45) is 1.55. The fraction of sp³-hybridized carbons (Fsp3) is 0.227. The molecule has 0 saturated carbocycles. The fourth-order valence-corrected chi connectivity index (χ4v) is 3.42. The second-order valence-electron chi connectivity index (χ2n) is 7.04. The number of nitrogens with one attached hydrogen (secondary N) is 1. The second kappa shape index (κ2) is 8.13. The molecule has 0 aromatic heterocycles. The lowest BCUT2D eigenvalue weighted by Gasteiger charge is -2.29. The van der Waals surface area contributed by atoms with Gasteiger partial charge in [0.05, 0.1) is 12.8 Å². The number of carbonyl (C=O) groups is 2. The molecule has 150 valence electrons. The zero-order valence-corrected chi connectivity index (χ0v) is 17.4. The highest BCUT2D eigenvalue weighted by molar-refractivity contribution is 7.80. The molecule has 1 aliphatic heterocycles. The van der Waals surface area contributed by atoms with Crippen LogP contribution < -0.4 is 15.0 Å². The molecule has 1 fully saturated rings. The van der Waals surface area contributed by atoms with Crippen LogP contribution in [0.4, 0.5) is 10.1 Å². The summed E-state index contributed by atoms with van der Waals surface area (Å²) in [5.74, 6) is -0.611. The molecule has 1 saturated heterocycles. The number of anilines is 1. The summed E-state index contributed by atoms with van der Waals surface area (Å²) in [5.41, 5.74) is 2.90. The van der Waals surface area contributed by atoms with E-state index < -0.39 is 17.6 Å². The van der Waals surface area contributed by atoms with Crippen LogP contribution in [0.25, 0.3) is 6.08 Å². The smallest absolute Gasteiger partial charge is 0.270 e. The van der Waals surface area contributed by atoms with Crippen molar-refractivity contribution >= 4 is 40.9 Å². The maximum absolute atomic E-state index is 13.3. The minimum absolute atomic E-state index is 0.0434. The zero-order valence-electron chi connectivity index (χ0n) is 16.6. The summed E-state index contributed by atoms with van der Waals surface area (Å²) in [4.78, 5) is 26.8. The topological polar surface area (TPSA) is 58.6 Å². The van der Waals surface area contributed by atoms with Crippen molar-refractivity contribution in [2.24, 2.45) is 0 Å². The number of methoxy groups -OCH3 is 1. The van der Waals surface area contributed by atoms with E-state index in [0.29, 0.717) is 5.69 Å². The monoisotopic (exact) mass is 412 g/mol. The van der Waals surface area contributed by atoms with Crippen LogP contribution in [0.5, 0.6) is 5.75 Å². The average molecular weight is 412 g/mol. The van der Waals surface area contributed by atoms with Gasteiger partial charge < -0.3 is 4.74 Å². The number of aryl methyl sites for hydroxylation is 1. The number of hydrogen-bond donors (Lipinski definition) is 1.